The summed E-state index contributed by atoms with van der Waals surface area (Å²) in [6.45, 7) is 3.55. The Labute approximate surface area is 193 Å². The van der Waals surface area contributed by atoms with E-state index in [1.165, 1.54) is 0 Å². The van der Waals surface area contributed by atoms with E-state index in [4.69, 9.17) is 9.84 Å². The van der Waals surface area contributed by atoms with Crippen LogP contribution in [0, 0.1) is 25.6 Å². The summed E-state index contributed by atoms with van der Waals surface area (Å²) in [6, 6.07) is 10.1. The number of carbonyl (C=O) groups is 3. The van der Waals surface area contributed by atoms with Gasteiger partial charge in [-0.25, -0.2) is 4.39 Å². The number of hydrogen-bond acceptors (Lipinski definition) is 4. The van der Waals surface area contributed by atoms with E-state index in [1.54, 1.807) is 50.2 Å². The number of carboxylic acids is 1. The molecule has 2 aromatic carbocycles. The Morgan fingerprint density at radius 1 is 1.03 bits per heavy atom. The number of Topliss-reactive ketones (excluding diaryl/α,β-unsaturated/α-hetero) is 1. The van der Waals surface area contributed by atoms with Gasteiger partial charge in [0.05, 0.1) is 12.0 Å². The first kappa shape index (κ1) is 24.4. The Morgan fingerprint density at radius 3 is 2.33 bits per heavy atom. The predicted octanol–water partition coefficient (Wildman–Crippen LogP) is 4.86. The smallest absolute Gasteiger partial charge is 0.306 e. The van der Waals surface area contributed by atoms with Gasteiger partial charge in [-0.15, -0.1) is 0 Å². The maximum absolute atomic E-state index is 14.0. The quantitative estimate of drug-likeness (QED) is 0.416. The summed E-state index contributed by atoms with van der Waals surface area (Å²) < 4.78 is 19.9. The van der Waals surface area contributed by atoms with Crippen molar-refractivity contribution < 1.29 is 28.6 Å². The lowest BCUT2D eigenvalue weighted by Gasteiger charge is -2.26. The number of amides is 1. The van der Waals surface area contributed by atoms with Gasteiger partial charge in [-0.1, -0.05) is 6.07 Å². The van der Waals surface area contributed by atoms with E-state index in [1.807, 2.05) is 0 Å². The fourth-order valence-electron chi connectivity index (χ4n) is 4.10. The van der Waals surface area contributed by atoms with Gasteiger partial charge in [-0.05, 0) is 87.4 Å². The van der Waals surface area contributed by atoms with Crippen LogP contribution in [-0.2, 0) is 4.79 Å². The van der Waals surface area contributed by atoms with Crippen molar-refractivity contribution in [2.45, 2.75) is 58.5 Å². The van der Waals surface area contributed by atoms with Crippen LogP contribution in [0.5, 0.6) is 5.75 Å². The second-order valence-electron chi connectivity index (χ2n) is 8.61. The summed E-state index contributed by atoms with van der Waals surface area (Å²) in [4.78, 5) is 35.8. The molecule has 1 amide bonds. The Hall–Kier alpha value is -3.22. The third kappa shape index (κ3) is 6.40. The van der Waals surface area contributed by atoms with Crippen LogP contribution in [-0.4, -0.2) is 35.4 Å². The van der Waals surface area contributed by atoms with Gasteiger partial charge in [0.15, 0.2) is 5.78 Å². The zero-order valence-electron chi connectivity index (χ0n) is 19.0. The zero-order valence-corrected chi connectivity index (χ0v) is 19.0. The SMILES string of the molecule is Cc1ccc(C(=O)NCCCC(=O)c2ccc(OC3CCC(C(=O)O)CC3)cc2)c(C)c1F. The summed E-state index contributed by atoms with van der Waals surface area (Å²) in [7, 11) is 0. The lowest BCUT2D eigenvalue weighted by molar-refractivity contribution is -0.143. The number of ketones is 1. The average Bonchev–Trinajstić information content (AvgIpc) is 2.81. The number of nitrogens with one attached hydrogen (secondary N) is 1. The van der Waals surface area contributed by atoms with Gasteiger partial charge in [0, 0.05) is 24.1 Å². The fraction of sp³-hybridized carbons (Fsp3) is 0.423. The second-order valence-corrected chi connectivity index (χ2v) is 8.61. The van der Waals surface area contributed by atoms with Crippen LogP contribution in [0.1, 0.15) is 70.4 Å². The standard InChI is InChI=1S/C26H30FNO5/c1-16-5-14-22(17(2)24(16)27)25(30)28-15-3-4-23(29)18-6-10-20(11-7-18)33-21-12-8-19(9-13-21)26(31)32/h5-7,10-11,14,19,21H,3-4,8-9,12-13,15H2,1-2H3,(H,28,30)(H,31,32). The van der Waals surface area contributed by atoms with Crippen molar-refractivity contribution in [2.75, 3.05) is 6.54 Å². The zero-order chi connectivity index (χ0) is 24.0. The third-order valence-corrected chi connectivity index (χ3v) is 6.19. The minimum absolute atomic E-state index is 0.00333. The first-order valence-electron chi connectivity index (χ1n) is 11.3. The number of aliphatic carboxylic acids is 1. The van der Waals surface area contributed by atoms with E-state index in [-0.39, 0.29) is 36.0 Å². The molecule has 0 bridgehead atoms. The number of carbonyl (C=O) groups excluding carboxylic acids is 2. The van der Waals surface area contributed by atoms with Crippen molar-refractivity contribution in [3.8, 4) is 5.75 Å². The Morgan fingerprint density at radius 2 is 1.70 bits per heavy atom. The van der Waals surface area contributed by atoms with Crippen molar-refractivity contribution >= 4 is 17.7 Å². The molecule has 1 saturated carbocycles. The van der Waals surface area contributed by atoms with Crippen LogP contribution in [0.3, 0.4) is 0 Å². The fourth-order valence-corrected chi connectivity index (χ4v) is 4.10. The molecule has 1 aliphatic rings. The second kappa shape index (κ2) is 11.1. The number of carboxylic acid groups (broad SMARTS) is 1. The molecule has 0 saturated heterocycles. The Bertz CT molecular complexity index is 1010. The van der Waals surface area contributed by atoms with Crippen molar-refractivity contribution in [3.05, 3.63) is 64.5 Å². The number of ether oxygens (including phenoxy) is 1. The van der Waals surface area contributed by atoms with E-state index >= 15 is 0 Å². The highest BCUT2D eigenvalue weighted by Crippen LogP contribution is 2.28. The van der Waals surface area contributed by atoms with Gasteiger partial charge >= 0.3 is 5.97 Å². The molecule has 2 N–H and O–H groups in total. The van der Waals surface area contributed by atoms with Gasteiger partial charge in [0.1, 0.15) is 11.6 Å². The van der Waals surface area contributed by atoms with E-state index < -0.39 is 5.97 Å². The number of rotatable bonds is 9. The van der Waals surface area contributed by atoms with Gasteiger partial charge in [0.25, 0.3) is 5.91 Å². The summed E-state index contributed by atoms with van der Waals surface area (Å²) in [5.41, 5.74) is 1.69. The molecule has 1 fully saturated rings. The molecule has 0 unspecified atom stereocenters. The summed E-state index contributed by atoms with van der Waals surface area (Å²) in [5, 5.41) is 11.8. The molecule has 3 rings (SSSR count). The highest BCUT2D eigenvalue weighted by molar-refractivity contribution is 5.97. The summed E-state index contributed by atoms with van der Waals surface area (Å²) in [6.07, 6.45) is 3.40. The molecule has 6 nitrogen and oxygen atoms in total. The van der Waals surface area contributed by atoms with Crippen LogP contribution >= 0.6 is 0 Å². The van der Waals surface area contributed by atoms with Gasteiger partial charge < -0.3 is 15.2 Å². The molecule has 0 aromatic heterocycles. The van der Waals surface area contributed by atoms with Crippen LogP contribution in [0.4, 0.5) is 4.39 Å². The molecule has 0 aliphatic heterocycles. The van der Waals surface area contributed by atoms with Crippen LogP contribution in [0.25, 0.3) is 0 Å². The van der Waals surface area contributed by atoms with Crippen LogP contribution in [0.15, 0.2) is 36.4 Å². The van der Waals surface area contributed by atoms with Gasteiger partial charge in [-0.3, -0.25) is 14.4 Å². The third-order valence-electron chi connectivity index (χ3n) is 6.19. The molecule has 0 radical (unpaired) electrons. The topological polar surface area (TPSA) is 92.7 Å². The predicted molar refractivity (Wildman–Crippen MR) is 122 cm³/mol. The largest absolute Gasteiger partial charge is 0.490 e. The monoisotopic (exact) mass is 455 g/mol. The van der Waals surface area contributed by atoms with Crippen LogP contribution < -0.4 is 10.1 Å². The maximum atomic E-state index is 14.0. The average molecular weight is 456 g/mol. The highest BCUT2D eigenvalue weighted by Gasteiger charge is 2.26. The van der Waals surface area contributed by atoms with Gasteiger partial charge in [0.2, 0.25) is 0 Å². The molecular weight excluding hydrogens is 425 g/mol. The van der Waals surface area contributed by atoms with E-state index in [0.717, 1.165) is 0 Å². The van der Waals surface area contributed by atoms with Crippen molar-refractivity contribution in [2.24, 2.45) is 5.92 Å². The lowest BCUT2D eigenvalue weighted by Crippen LogP contribution is -2.27. The van der Waals surface area contributed by atoms with Crippen molar-refractivity contribution in [1.29, 1.82) is 0 Å². The molecular formula is C26H30FNO5. The first-order chi connectivity index (χ1) is 15.8. The molecule has 0 heterocycles. The minimum atomic E-state index is -0.741. The summed E-state index contributed by atoms with van der Waals surface area (Å²) in [5.74, 6) is -1.11. The maximum Gasteiger partial charge on any atom is 0.306 e. The van der Waals surface area contributed by atoms with Crippen molar-refractivity contribution in [3.63, 3.8) is 0 Å². The lowest BCUT2D eigenvalue weighted by atomic mass is 9.87. The number of benzene rings is 2. The molecule has 1 aliphatic carbocycles. The number of hydrogen-bond donors (Lipinski definition) is 2. The van der Waals surface area contributed by atoms with E-state index in [9.17, 15) is 18.8 Å². The van der Waals surface area contributed by atoms with Gasteiger partial charge in [-0.2, -0.15) is 0 Å². The number of aryl methyl sites for hydroxylation is 1. The molecule has 7 heteroatoms. The minimum Gasteiger partial charge on any atom is -0.490 e. The molecule has 33 heavy (non-hydrogen) atoms. The van der Waals surface area contributed by atoms with E-state index in [2.05, 4.69) is 5.32 Å². The highest BCUT2D eigenvalue weighted by atomic mass is 19.1. The number of halogens is 1. The molecule has 0 atom stereocenters. The van der Waals surface area contributed by atoms with E-state index in [0.29, 0.717) is 66.7 Å². The summed E-state index contributed by atoms with van der Waals surface area (Å²) >= 11 is 0. The normalized spacial score (nSPS) is 17.9. The van der Waals surface area contributed by atoms with Crippen LogP contribution in [0.2, 0.25) is 0 Å². The molecule has 0 spiro atoms. The van der Waals surface area contributed by atoms with Crippen molar-refractivity contribution in [1.82, 2.24) is 5.32 Å². The first-order valence-corrected chi connectivity index (χ1v) is 11.3. The molecule has 2 aromatic rings. The Balaban J connectivity index is 1.41. The molecule has 176 valence electrons. The Kier molecular flexibility index (Phi) is 8.20.